The van der Waals surface area contributed by atoms with Gasteiger partial charge in [0.05, 0.1) is 0 Å². The lowest BCUT2D eigenvalue weighted by molar-refractivity contribution is 0.0997. The molecule has 2 amide bonds. The molecule has 1 fully saturated rings. The molecule has 1 rings (SSSR count). The summed E-state index contributed by atoms with van der Waals surface area (Å²) in [4.78, 5) is 14.8. The van der Waals surface area contributed by atoms with Gasteiger partial charge in [-0.05, 0) is 12.3 Å². The summed E-state index contributed by atoms with van der Waals surface area (Å²) in [6.45, 7) is 4.07. The van der Waals surface area contributed by atoms with Crippen molar-refractivity contribution in [3.63, 3.8) is 0 Å². The minimum absolute atomic E-state index is 0.148. The molecule has 0 radical (unpaired) electrons. The molecule has 1 heterocycles. The Balaban J connectivity index is 2.27. The number of carbonyl (C=O) groups is 1. The number of urea groups is 1. The van der Waals surface area contributed by atoms with Crippen molar-refractivity contribution in [2.75, 3.05) is 27.2 Å². The average molecular weight is 156 g/mol. The lowest BCUT2D eigenvalue weighted by Gasteiger charge is -2.40. The molecule has 1 saturated heterocycles. The lowest BCUT2D eigenvalue weighted by atomic mass is 9.98. The summed E-state index contributed by atoms with van der Waals surface area (Å²) in [6, 6.07) is 0.148. The molecule has 0 saturated carbocycles. The number of rotatable bonds is 1. The maximum atomic E-state index is 11.2. The van der Waals surface area contributed by atoms with E-state index in [4.69, 9.17) is 0 Å². The van der Waals surface area contributed by atoms with E-state index in [2.05, 4.69) is 6.92 Å². The third-order valence-corrected chi connectivity index (χ3v) is 2.19. The predicted molar refractivity (Wildman–Crippen MR) is 44.4 cm³/mol. The third kappa shape index (κ3) is 1.64. The number of hydrogen-bond donors (Lipinski definition) is 0. The van der Waals surface area contributed by atoms with Crippen molar-refractivity contribution in [3.05, 3.63) is 0 Å². The van der Waals surface area contributed by atoms with Gasteiger partial charge in [0.15, 0.2) is 0 Å². The van der Waals surface area contributed by atoms with E-state index >= 15 is 0 Å². The van der Waals surface area contributed by atoms with E-state index in [9.17, 15) is 4.79 Å². The van der Waals surface area contributed by atoms with Crippen molar-refractivity contribution >= 4 is 6.03 Å². The highest BCUT2D eigenvalue weighted by Gasteiger charge is 2.29. The van der Waals surface area contributed by atoms with Crippen LogP contribution in [0.2, 0.25) is 0 Å². The maximum absolute atomic E-state index is 11.2. The van der Waals surface area contributed by atoms with Crippen molar-refractivity contribution in [1.29, 1.82) is 0 Å². The topological polar surface area (TPSA) is 23.6 Å². The van der Waals surface area contributed by atoms with Crippen LogP contribution in [0.4, 0.5) is 4.79 Å². The van der Waals surface area contributed by atoms with Gasteiger partial charge in [-0.2, -0.15) is 0 Å². The fraction of sp³-hybridized carbons (Fsp3) is 0.875. The highest BCUT2D eigenvalue weighted by atomic mass is 16.2. The molecule has 0 atom stereocenters. The quantitative estimate of drug-likeness (QED) is 0.555. The predicted octanol–water partition coefficient (Wildman–Crippen LogP) is 1.01. The Hall–Kier alpha value is -0.730. The number of hydrogen-bond acceptors (Lipinski definition) is 1. The zero-order chi connectivity index (χ0) is 8.43. The minimum atomic E-state index is 0.148. The van der Waals surface area contributed by atoms with Crippen LogP contribution in [0.25, 0.3) is 0 Å². The van der Waals surface area contributed by atoms with Crippen molar-refractivity contribution in [1.82, 2.24) is 9.80 Å². The standard InChI is InChI=1S/C8H16N2O/c1-4-7-5-10(6-7)8(11)9(2)3/h7H,4-6H2,1-3H3. The molecule has 11 heavy (non-hydrogen) atoms. The molecule has 0 aromatic rings. The summed E-state index contributed by atoms with van der Waals surface area (Å²) >= 11 is 0. The fourth-order valence-corrected chi connectivity index (χ4v) is 1.27. The van der Waals surface area contributed by atoms with Gasteiger partial charge in [-0.1, -0.05) is 6.92 Å². The van der Waals surface area contributed by atoms with Crippen LogP contribution in [0.3, 0.4) is 0 Å². The smallest absolute Gasteiger partial charge is 0.319 e. The largest absolute Gasteiger partial charge is 0.331 e. The van der Waals surface area contributed by atoms with Crippen LogP contribution < -0.4 is 0 Å². The van der Waals surface area contributed by atoms with Crippen LogP contribution >= 0.6 is 0 Å². The summed E-state index contributed by atoms with van der Waals surface area (Å²) in [6.07, 6.45) is 1.19. The molecule has 1 aliphatic heterocycles. The van der Waals surface area contributed by atoms with Gasteiger partial charge in [0.1, 0.15) is 0 Å². The molecule has 3 nitrogen and oxygen atoms in total. The Morgan fingerprint density at radius 3 is 2.45 bits per heavy atom. The third-order valence-electron chi connectivity index (χ3n) is 2.19. The Kier molecular flexibility index (Phi) is 2.37. The maximum Gasteiger partial charge on any atom is 0.319 e. The normalized spacial score (nSPS) is 17.9. The first-order valence-corrected chi connectivity index (χ1v) is 4.11. The molecule has 3 heteroatoms. The van der Waals surface area contributed by atoms with Crippen molar-refractivity contribution in [3.8, 4) is 0 Å². The second kappa shape index (κ2) is 3.11. The molecule has 0 unspecified atom stereocenters. The molecule has 64 valence electrons. The van der Waals surface area contributed by atoms with Crippen LogP contribution in [0, 0.1) is 5.92 Å². The van der Waals surface area contributed by atoms with E-state index in [1.807, 2.05) is 4.90 Å². The number of likely N-dealkylation sites (tertiary alicyclic amines) is 1. The molecule has 0 N–H and O–H groups in total. The Bertz CT molecular complexity index is 150. The highest BCUT2D eigenvalue weighted by molar-refractivity contribution is 5.74. The van der Waals surface area contributed by atoms with Gasteiger partial charge >= 0.3 is 6.03 Å². The lowest BCUT2D eigenvalue weighted by Crippen LogP contribution is -2.53. The molecule has 0 aromatic heterocycles. The van der Waals surface area contributed by atoms with E-state index < -0.39 is 0 Å². The molecular formula is C8H16N2O. The first-order chi connectivity index (χ1) is 5.15. The van der Waals surface area contributed by atoms with Crippen LogP contribution in [0.5, 0.6) is 0 Å². The average Bonchev–Trinajstić information content (AvgIpc) is 1.85. The Morgan fingerprint density at radius 2 is 2.09 bits per heavy atom. The minimum Gasteiger partial charge on any atom is -0.331 e. The summed E-state index contributed by atoms with van der Waals surface area (Å²) < 4.78 is 0. The molecule has 0 bridgehead atoms. The summed E-state index contributed by atoms with van der Waals surface area (Å²) in [5, 5.41) is 0. The molecule has 0 aliphatic carbocycles. The van der Waals surface area contributed by atoms with Gasteiger partial charge < -0.3 is 9.80 Å². The van der Waals surface area contributed by atoms with E-state index in [0.717, 1.165) is 19.0 Å². The van der Waals surface area contributed by atoms with E-state index in [0.29, 0.717) is 0 Å². The van der Waals surface area contributed by atoms with Gasteiger partial charge in [-0.15, -0.1) is 0 Å². The highest BCUT2D eigenvalue weighted by Crippen LogP contribution is 2.18. The summed E-state index contributed by atoms with van der Waals surface area (Å²) in [5.74, 6) is 0.749. The molecular weight excluding hydrogens is 140 g/mol. The number of amides is 2. The van der Waals surface area contributed by atoms with Crippen molar-refractivity contribution in [2.24, 2.45) is 5.92 Å². The second-order valence-corrected chi connectivity index (χ2v) is 3.36. The monoisotopic (exact) mass is 156 g/mol. The summed E-state index contributed by atoms with van der Waals surface area (Å²) in [5.41, 5.74) is 0. The first kappa shape index (κ1) is 8.37. The van der Waals surface area contributed by atoms with Gasteiger partial charge in [0.25, 0.3) is 0 Å². The van der Waals surface area contributed by atoms with Gasteiger partial charge in [-0.3, -0.25) is 0 Å². The number of carbonyl (C=O) groups excluding carboxylic acids is 1. The SMILES string of the molecule is CCC1CN(C(=O)N(C)C)C1. The van der Waals surface area contributed by atoms with E-state index in [1.165, 1.54) is 6.42 Å². The number of nitrogens with zero attached hydrogens (tertiary/aromatic N) is 2. The zero-order valence-electron chi connectivity index (χ0n) is 7.50. The fourth-order valence-electron chi connectivity index (χ4n) is 1.27. The van der Waals surface area contributed by atoms with Gasteiger partial charge in [0, 0.05) is 27.2 Å². The summed E-state index contributed by atoms with van der Waals surface area (Å²) in [7, 11) is 3.59. The van der Waals surface area contributed by atoms with E-state index in [-0.39, 0.29) is 6.03 Å². The Morgan fingerprint density at radius 1 is 1.55 bits per heavy atom. The van der Waals surface area contributed by atoms with Crippen molar-refractivity contribution < 1.29 is 4.79 Å². The van der Waals surface area contributed by atoms with Gasteiger partial charge in [-0.25, -0.2) is 4.79 Å². The zero-order valence-corrected chi connectivity index (χ0v) is 7.50. The van der Waals surface area contributed by atoms with Crippen LogP contribution in [0.15, 0.2) is 0 Å². The van der Waals surface area contributed by atoms with Crippen LogP contribution in [-0.4, -0.2) is 43.0 Å². The van der Waals surface area contributed by atoms with E-state index in [1.54, 1.807) is 19.0 Å². The first-order valence-electron chi connectivity index (χ1n) is 4.11. The van der Waals surface area contributed by atoms with Gasteiger partial charge in [0.2, 0.25) is 0 Å². The van der Waals surface area contributed by atoms with Crippen molar-refractivity contribution in [2.45, 2.75) is 13.3 Å². The molecule has 1 aliphatic rings. The molecule has 0 aromatic carbocycles. The van der Waals surface area contributed by atoms with Crippen LogP contribution in [-0.2, 0) is 0 Å². The second-order valence-electron chi connectivity index (χ2n) is 3.36. The molecule has 0 spiro atoms. The van der Waals surface area contributed by atoms with Crippen LogP contribution in [0.1, 0.15) is 13.3 Å². The Labute approximate surface area is 68.0 Å².